The first-order chi connectivity index (χ1) is 13.8. The van der Waals surface area contributed by atoms with Gasteiger partial charge in [-0.1, -0.05) is 36.9 Å². The van der Waals surface area contributed by atoms with E-state index < -0.39 is 17.5 Å². The Morgan fingerprint density at radius 3 is 2.48 bits per heavy atom. The Bertz CT molecular complexity index is 1130. The highest BCUT2D eigenvalue weighted by Gasteiger charge is 2.15. The minimum atomic E-state index is -0.873. The van der Waals surface area contributed by atoms with Crippen LogP contribution in [0.5, 0.6) is 11.5 Å². The number of carbonyl (C=O) groups is 2. The second kappa shape index (κ2) is 8.41. The van der Waals surface area contributed by atoms with Gasteiger partial charge < -0.3 is 19.2 Å². The molecule has 0 aliphatic rings. The van der Waals surface area contributed by atoms with Crippen molar-refractivity contribution in [2.75, 3.05) is 6.61 Å². The predicted molar refractivity (Wildman–Crippen MR) is 112 cm³/mol. The topological polar surface area (TPSA) is 77.6 Å². The highest BCUT2D eigenvalue weighted by molar-refractivity contribution is 6.20. The summed E-state index contributed by atoms with van der Waals surface area (Å²) in [7, 11) is 0. The number of fused-ring (bicyclic) bond motifs is 3. The number of esters is 2. The molecule has 3 rings (SSSR count). The molecule has 0 spiro atoms. The Hall–Kier alpha value is -3.25. The predicted octanol–water partition coefficient (Wildman–Crippen LogP) is 4.87. The number of H-pyrrole nitrogens is 1. The van der Waals surface area contributed by atoms with E-state index in [2.05, 4.69) is 18.1 Å². The Morgan fingerprint density at radius 2 is 1.79 bits per heavy atom. The van der Waals surface area contributed by atoms with Gasteiger partial charge in [0.2, 0.25) is 5.56 Å². The van der Waals surface area contributed by atoms with E-state index in [0.717, 1.165) is 21.8 Å². The lowest BCUT2D eigenvalue weighted by atomic mass is 10.1. The second-order valence-electron chi connectivity index (χ2n) is 6.59. The number of benzene rings is 2. The Kier molecular flexibility index (Phi) is 5.94. The molecule has 29 heavy (non-hydrogen) atoms. The van der Waals surface area contributed by atoms with Crippen LogP contribution in [0.4, 0.5) is 0 Å². The van der Waals surface area contributed by atoms with E-state index >= 15 is 0 Å². The van der Waals surface area contributed by atoms with Crippen molar-refractivity contribution in [2.24, 2.45) is 0 Å². The van der Waals surface area contributed by atoms with Crippen LogP contribution in [0, 0.1) is 0 Å². The monoisotopic (exact) mass is 413 g/mol. The lowest BCUT2D eigenvalue weighted by Crippen LogP contribution is -2.19. The van der Waals surface area contributed by atoms with Crippen molar-refractivity contribution < 1.29 is 23.8 Å². The van der Waals surface area contributed by atoms with E-state index in [-0.39, 0.29) is 12.2 Å². The quantitative estimate of drug-likeness (QED) is 0.259. The van der Waals surface area contributed by atoms with Crippen LogP contribution in [-0.4, -0.2) is 29.1 Å². The van der Waals surface area contributed by atoms with Crippen LogP contribution >= 0.6 is 11.6 Å². The molecule has 2 aromatic carbocycles. The summed E-state index contributed by atoms with van der Waals surface area (Å²) in [4.78, 5) is 26.5. The van der Waals surface area contributed by atoms with Crippen molar-refractivity contribution in [3.05, 3.63) is 60.7 Å². The van der Waals surface area contributed by atoms with Crippen molar-refractivity contribution in [3.63, 3.8) is 0 Å². The van der Waals surface area contributed by atoms with Gasteiger partial charge in [-0.15, -0.1) is 0 Å². The molecule has 7 heteroatoms. The maximum atomic E-state index is 11.7. The zero-order chi connectivity index (χ0) is 21.1. The summed E-state index contributed by atoms with van der Waals surface area (Å²) in [5.74, 6) is -0.106. The summed E-state index contributed by atoms with van der Waals surface area (Å²) >= 11 is 6.17. The van der Waals surface area contributed by atoms with Gasteiger partial charge in [-0.3, -0.25) is 0 Å². The zero-order valence-corrected chi connectivity index (χ0v) is 16.8. The van der Waals surface area contributed by atoms with E-state index in [4.69, 9.17) is 25.8 Å². The minimum Gasteiger partial charge on any atom is -0.469 e. The molecule has 0 amide bonds. The van der Waals surface area contributed by atoms with Crippen LogP contribution in [-0.2, 0) is 14.3 Å². The molecule has 0 saturated carbocycles. The first kappa shape index (κ1) is 20.5. The molecule has 0 aliphatic heterocycles. The molecule has 1 heterocycles. The largest absolute Gasteiger partial charge is 0.469 e. The first-order valence-electron chi connectivity index (χ1n) is 8.81. The van der Waals surface area contributed by atoms with E-state index in [1.807, 2.05) is 18.2 Å². The van der Waals surface area contributed by atoms with Crippen molar-refractivity contribution in [1.82, 2.24) is 4.98 Å². The van der Waals surface area contributed by atoms with Gasteiger partial charge in [0, 0.05) is 28.0 Å². The summed E-state index contributed by atoms with van der Waals surface area (Å²) in [6.45, 7) is 10.1. The maximum absolute atomic E-state index is 11.7. The maximum Gasteiger partial charge on any atom is 0.338 e. The number of nitrogens with one attached hydrogen (secondary N) is 1. The first-order valence-corrected chi connectivity index (χ1v) is 9.25. The number of ether oxygens (including phenoxy) is 3. The lowest BCUT2D eigenvalue weighted by molar-refractivity contribution is -0.140. The van der Waals surface area contributed by atoms with Crippen LogP contribution in [0.1, 0.15) is 13.8 Å². The molecular formula is C22H20ClNO5. The van der Waals surface area contributed by atoms with Gasteiger partial charge in [-0.05, 0) is 32.0 Å². The molecule has 0 aliphatic carbocycles. The molecule has 150 valence electrons. The van der Waals surface area contributed by atoms with Gasteiger partial charge >= 0.3 is 11.9 Å². The molecule has 0 saturated heterocycles. The van der Waals surface area contributed by atoms with E-state index in [0.29, 0.717) is 17.1 Å². The molecule has 1 aromatic heterocycles. The van der Waals surface area contributed by atoms with Gasteiger partial charge in [0.25, 0.3) is 0 Å². The van der Waals surface area contributed by atoms with Crippen LogP contribution in [0.15, 0.2) is 60.7 Å². The van der Waals surface area contributed by atoms with Gasteiger partial charge in [-0.2, -0.15) is 0 Å². The fraction of sp³-hybridized carbons (Fsp3) is 0.182. The number of aromatic nitrogens is 1. The number of hydrogen-bond acceptors (Lipinski definition) is 5. The molecule has 6 nitrogen and oxygen atoms in total. The molecule has 1 unspecified atom stereocenters. The van der Waals surface area contributed by atoms with Crippen LogP contribution < -0.4 is 9.47 Å². The van der Waals surface area contributed by atoms with Gasteiger partial charge in [0.15, 0.2) is 0 Å². The molecule has 0 bridgehead atoms. The molecular weight excluding hydrogens is 394 g/mol. The minimum absolute atomic E-state index is 0.120. The highest BCUT2D eigenvalue weighted by Crippen LogP contribution is 2.34. The second-order valence-corrected chi connectivity index (χ2v) is 7.07. The average molecular weight is 414 g/mol. The number of carbonyl (C=O) groups excluding carboxylic acids is 2. The van der Waals surface area contributed by atoms with Crippen LogP contribution in [0.3, 0.4) is 0 Å². The molecule has 0 radical (unpaired) electrons. The Labute approximate surface area is 172 Å². The standard InChI is InChI=1S/C22H20ClNO5/c1-12(2)21(25)27-11-19(23)29-18-7-5-6-16-15-9-8-14(28-22(26)13(3)4)10-17(15)24-20(16)18/h5-10,19,24H,1,3,11H2,2,4H3. The van der Waals surface area contributed by atoms with Crippen molar-refractivity contribution in [1.29, 1.82) is 0 Å². The van der Waals surface area contributed by atoms with Crippen molar-refractivity contribution >= 4 is 45.3 Å². The smallest absolute Gasteiger partial charge is 0.338 e. The fourth-order valence-electron chi connectivity index (χ4n) is 2.67. The summed E-state index contributed by atoms with van der Waals surface area (Å²) in [5, 5.41) is 1.85. The number of para-hydroxylation sites is 1. The lowest BCUT2D eigenvalue weighted by Gasteiger charge is -2.13. The van der Waals surface area contributed by atoms with Gasteiger partial charge in [0.1, 0.15) is 18.1 Å². The summed E-state index contributed by atoms with van der Waals surface area (Å²) < 4.78 is 16.0. The number of alkyl halides is 1. The molecule has 3 aromatic rings. The van der Waals surface area contributed by atoms with E-state index in [9.17, 15) is 9.59 Å². The fourth-order valence-corrected chi connectivity index (χ4v) is 2.83. The zero-order valence-electron chi connectivity index (χ0n) is 16.1. The number of hydrogen-bond donors (Lipinski definition) is 1. The molecule has 0 fully saturated rings. The van der Waals surface area contributed by atoms with Crippen LogP contribution in [0.2, 0.25) is 0 Å². The van der Waals surface area contributed by atoms with Crippen molar-refractivity contribution in [3.8, 4) is 11.5 Å². The SMILES string of the molecule is C=C(C)C(=O)OCC(Cl)Oc1cccc2c1[nH]c1cc(OC(=O)C(=C)C)ccc12. The molecule has 1 N–H and O–H groups in total. The Morgan fingerprint density at radius 1 is 1.07 bits per heavy atom. The third kappa shape index (κ3) is 4.60. The third-order valence-corrected chi connectivity index (χ3v) is 4.29. The normalized spacial score (nSPS) is 11.8. The van der Waals surface area contributed by atoms with Gasteiger partial charge in [-0.25, -0.2) is 9.59 Å². The molecule has 1 atom stereocenters. The summed E-state index contributed by atoms with van der Waals surface area (Å²) in [6.07, 6.45) is 0. The number of aromatic amines is 1. The average Bonchev–Trinajstić information content (AvgIpc) is 3.04. The Balaban J connectivity index is 1.85. The van der Waals surface area contributed by atoms with Crippen molar-refractivity contribution in [2.45, 2.75) is 19.4 Å². The summed E-state index contributed by atoms with van der Waals surface area (Å²) in [5.41, 5.74) is 1.22. The number of rotatable bonds is 7. The highest BCUT2D eigenvalue weighted by atomic mass is 35.5. The van der Waals surface area contributed by atoms with Gasteiger partial charge in [0.05, 0.1) is 11.0 Å². The third-order valence-electron chi connectivity index (χ3n) is 4.07. The number of halogens is 1. The van der Waals surface area contributed by atoms with E-state index in [1.54, 1.807) is 32.0 Å². The summed E-state index contributed by atoms with van der Waals surface area (Å²) in [6, 6.07) is 10.8. The van der Waals surface area contributed by atoms with E-state index in [1.165, 1.54) is 0 Å². The van der Waals surface area contributed by atoms with Crippen LogP contribution in [0.25, 0.3) is 21.8 Å².